The Morgan fingerprint density at radius 1 is 1.44 bits per heavy atom. The Morgan fingerprint density at radius 2 is 2.11 bits per heavy atom. The third-order valence-electron chi connectivity index (χ3n) is 3.15. The molecule has 3 N–H and O–H groups in total. The second-order valence-electron chi connectivity index (χ2n) is 4.36. The Balaban J connectivity index is 2.34. The van der Waals surface area contributed by atoms with Crippen molar-refractivity contribution in [1.29, 1.82) is 0 Å². The van der Waals surface area contributed by atoms with E-state index < -0.39 is 10.0 Å². The molecule has 2 rings (SSSR count). The molecule has 1 aliphatic heterocycles. The molecule has 1 aliphatic rings. The highest BCUT2D eigenvalue weighted by molar-refractivity contribution is 7.89. The van der Waals surface area contributed by atoms with Crippen molar-refractivity contribution in [2.45, 2.75) is 23.8 Å². The summed E-state index contributed by atoms with van der Waals surface area (Å²) in [5.41, 5.74) is 5.85. The number of nitrogens with zero attached hydrogens (tertiary/aromatic N) is 2. The van der Waals surface area contributed by atoms with E-state index in [0.717, 1.165) is 25.9 Å². The quantitative estimate of drug-likeness (QED) is 0.802. The van der Waals surface area contributed by atoms with Crippen LogP contribution >= 0.6 is 0 Å². The molecule has 18 heavy (non-hydrogen) atoms. The zero-order chi connectivity index (χ0) is 13.2. The van der Waals surface area contributed by atoms with Gasteiger partial charge in [0.25, 0.3) is 0 Å². The van der Waals surface area contributed by atoms with Crippen molar-refractivity contribution >= 4 is 15.8 Å². The largest absolute Gasteiger partial charge is 0.355 e. The van der Waals surface area contributed by atoms with Crippen molar-refractivity contribution in [2.75, 3.05) is 25.0 Å². The summed E-state index contributed by atoms with van der Waals surface area (Å²) in [6, 6.07) is 3.40. The van der Waals surface area contributed by atoms with Crippen LogP contribution in [-0.4, -0.2) is 39.6 Å². The average molecular weight is 270 g/mol. The van der Waals surface area contributed by atoms with Gasteiger partial charge in [-0.25, -0.2) is 18.1 Å². The van der Waals surface area contributed by atoms with Gasteiger partial charge in [0, 0.05) is 25.3 Å². The molecular weight excluding hydrogens is 252 g/mol. The molecule has 0 bridgehead atoms. The first kappa shape index (κ1) is 13.3. The molecule has 7 heteroatoms. The lowest BCUT2D eigenvalue weighted by Gasteiger charge is -2.32. The number of rotatable bonds is 3. The Hall–Kier alpha value is -1.18. The minimum absolute atomic E-state index is 0.203. The van der Waals surface area contributed by atoms with Crippen LogP contribution in [-0.2, 0) is 10.0 Å². The number of piperidine rings is 1. The molecule has 1 fully saturated rings. The summed E-state index contributed by atoms with van der Waals surface area (Å²) in [4.78, 5) is 6.41. The molecule has 0 aromatic carbocycles. The van der Waals surface area contributed by atoms with Crippen LogP contribution in [0.15, 0.2) is 23.2 Å². The lowest BCUT2D eigenvalue weighted by Crippen LogP contribution is -2.40. The van der Waals surface area contributed by atoms with E-state index in [4.69, 9.17) is 5.73 Å². The van der Waals surface area contributed by atoms with Crippen molar-refractivity contribution in [2.24, 2.45) is 5.73 Å². The molecule has 0 aliphatic carbocycles. The van der Waals surface area contributed by atoms with E-state index in [2.05, 4.69) is 9.71 Å². The fraction of sp³-hybridized carbons (Fsp3) is 0.545. The van der Waals surface area contributed by atoms with Gasteiger partial charge in [0.1, 0.15) is 10.7 Å². The van der Waals surface area contributed by atoms with Gasteiger partial charge in [-0.3, -0.25) is 0 Å². The van der Waals surface area contributed by atoms with Gasteiger partial charge in [0.05, 0.1) is 0 Å². The predicted molar refractivity (Wildman–Crippen MR) is 69.9 cm³/mol. The Labute approximate surface area is 107 Å². The van der Waals surface area contributed by atoms with Crippen LogP contribution < -0.4 is 15.4 Å². The van der Waals surface area contributed by atoms with Crippen LogP contribution in [0.2, 0.25) is 0 Å². The van der Waals surface area contributed by atoms with Crippen LogP contribution in [0, 0.1) is 0 Å². The topological polar surface area (TPSA) is 88.3 Å². The van der Waals surface area contributed by atoms with Crippen molar-refractivity contribution < 1.29 is 8.42 Å². The van der Waals surface area contributed by atoms with Crippen LogP contribution in [0.4, 0.5) is 5.82 Å². The zero-order valence-electron chi connectivity index (χ0n) is 10.3. The zero-order valence-corrected chi connectivity index (χ0v) is 11.2. The number of nitrogens with two attached hydrogens (primary N) is 1. The standard InChI is InChI=1S/C11H18N4O2S/c1-13-18(16,17)10-3-2-6-14-11(10)15-7-4-9(12)5-8-15/h2-3,6,9,13H,4-5,7-8,12H2,1H3. The molecule has 0 radical (unpaired) electrons. The third-order valence-corrected chi connectivity index (χ3v) is 4.58. The van der Waals surface area contributed by atoms with Crippen molar-refractivity contribution in [3.63, 3.8) is 0 Å². The number of nitrogens with one attached hydrogen (secondary N) is 1. The van der Waals surface area contributed by atoms with E-state index in [1.165, 1.54) is 7.05 Å². The number of sulfonamides is 1. The fourth-order valence-corrected chi connectivity index (χ4v) is 2.95. The summed E-state index contributed by atoms with van der Waals surface area (Å²) < 4.78 is 26.2. The van der Waals surface area contributed by atoms with Crippen molar-refractivity contribution in [3.05, 3.63) is 18.3 Å². The Morgan fingerprint density at radius 3 is 2.72 bits per heavy atom. The molecule has 6 nitrogen and oxygen atoms in total. The summed E-state index contributed by atoms with van der Waals surface area (Å²) in [5, 5.41) is 0. The molecule has 0 atom stereocenters. The van der Waals surface area contributed by atoms with Gasteiger partial charge in [-0.2, -0.15) is 0 Å². The normalized spacial score (nSPS) is 18.0. The summed E-state index contributed by atoms with van der Waals surface area (Å²) in [6.07, 6.45) is 3.32. The minimum atomic E-state index is -3.48. The highest BCUT2D eigenvalue weighted by Crippen LogP contribution is 2.24. The van der Waals surface area contributed by atoms with E-state index in [9.17, 15) is 8.42 Å². The predicted octanol–water partition coefficient (Wildman–Crippen LogP) is -0.0828. The molecule has 1 saturated heterocycles. The molecule has 0 amide bonds. The van der Waals surface area contributed by atoms with Crippen LogP contribution in [0.5, 0.6) is 0 Å². The van der Waals surface area contributed by atoms with Crippen LogP contribution in [0.25, 0.3) is 0 Å². The van der Waals surface area contributed by atoms with E-state index in [0.29, 0.717) is 5.82 Å². The molecule has 2 heterocycles. The Bertz CT molecular complexity index is 510. The maximum Gasteiger partial charge on any atom is 0.243 e. The number of aromatic nitrogens is 1. The number of pyridine rings is 1. The van der Waals surface area contributed by atoms with Crippen LogP contribution in [0.3, 0.4) is 0 Å². The lowest BCUT2D eigenvalue weighted by atomic mass is 10.1. The van der Waals surface area contributed by atoms with E-state index in [1.807, 2.05) is 4.90 Å². The SMILES string of the molecule is CNS(=O)(=O)c1cccnc1N1CCC(N)CC1. The maximum absolute atomic E-state index is 11.9. The second-order valence-corrected chi connectivity index (χ2v) is 6.21. The number of hydrogen-bond acceptors (Lipinski definition) is 5. The third kappa shape index (κ3) is 2.63. The number of hydrogen-bond donors (Lipinski definition) is 2. The molecule has 0 unspecified atom stereocenters. The molecular formula is C11H18N4O2S. The van der Waals surface area contributed by atoms with Gasteiger partial charge < -0.3 is 10.6 Å². The first-order valence-electron chi connectivity index (χ1n) is 5.93. The summed E-state index contributed by atoms with van der Waals surface area (Å²) in [7, 11) is -2.08. The highest BCUT2D eigenvalue weighted by atomic mass is 32.2. The lowest BCUT2D eigenvalue weighted by molar-refractivity contribution is 0.496. The van der Waals surface area contributed by atoms with Gasteiger partial charge in [-0.1, -0.05) is 0 Å². The van der Waals surface area contributed by atoms with Gasteiger partial charge in [0.2, 0.25) is 10.0 Å². The molecule has 100 valence electrons. The second kappa shape index (κ2) is 5.21. The minimum Gasteiger partial charge on any atom is -0.355 e. The first-order valence-corrected chi connectivity index (χ1v) is 7.42. The Kier molecular flexibility index (Phi) is 3.84. The van der Waals surface area contributed by atoms with E-state index >= 15 is 0 Å². The smallest absolute Gasteiger partial charge is 0.243 e. The molecule has 0 spiro atoms. The average Bonchev–Trinajstić information content (AvgIpc) is 2.40. The van der Waals surface area contributed by atoms with Crippen molar-refractivity contribution in [3.8, 4) is 0 Å². The maximum atomic E-state index is 11.9. The van der Waals surface area contributed by atoms with Gasteiger partial charge in [-0.15, -0.1) is 0 Å². The summed E-state index contributed by atoms with van der Waals surface area (Å²) in [5.74, 6) is 0.513. The van der Waals surface area contributed by atoms with Gasteiger partial charge >= 0.3 is 0 Å². The summed E-state index contributed by atoms with van der Waals surface area (Å²) in [6.45, 7) is 1.48. The van der Waals surface area contributed by atoms with Gasteiger partial charge in [-0.05, 0) is 32.0 Å². The molecule has 1 aromatic rings. The fourth-order valence-electron chi connectivity index (χ4n) is 2.05. The van der Waals surface area contributed by atoms with Crippen LogP contribution in [0.1, 0.15) is 12.8 Å². The van der Waals surface area contributed by atoms with E-state index in [1.54, 1.807) is 18.3 Å². The van der Waals surface area contributed by atoms with Gasteiger partial charge in [0.15, 0.2) is 0 Å². The van der Waals surface area contributed by atoms with E-state index in [-0.39, 0.29) is 10.9 Å². The monoisotopic (exact) mass is 270 g/mol. The number of anilines is 1. The first-order chi connectivity index (χ1) is 8.54. The molecule has 0 saturated carbocycles. The van der Waals surface area contributed by atoms with Crippen molar-refractivity contribution in [1.82, 2.24) is 9.71 Å². The molecule has 1 aromatic heterocycles. The highest BCUT2D eigenvalue weighted by Gasteiger charge is 2.24. The summed E-state index contributed by atoms with van der Waals surface area (Å²) >= 11 is 0.